The SMILES string of the molecule is CC(C1CC2CCC1C2)n1c(SCCC(=O)Nc2ccccc2C#N)nnc1-c1cccs1. The molecule has 2 saturated carbocycles. The molecule has 4 unspecified atom stereocenters. The van der Waals surface area contributed by atoms with Crippen LogP contribution >= 0.6 is 23.1 Å². The van der Waals surface area contributed by atoms with Gasteiger partial charge in [-0.15, -0.1) is 21.5 Å². The predicted molar refractivity (Wildman–Crippen MR) is 132 cm³/mol. The van der Waals surface area contributed by atoms with Crippen molar-refractivity contribution in [3.05, 3.63) is 47.3 Å². The van der Waals surface area contributed by atoms with Gasteiger partial charge in [0.25, 0.3) is 0 Å². The molecule has 1 N–H and O–H groups in total. The fourth-order valence-electron chi connectivity index (χ4n) is 5.53. The summed E-state index contributed by atoms with van der Waals surface area (Å²) in [6.07, 6.45) is 5.76. The first-order valence-corrected chi connectivity index (χ1v) is 13.4. The highest BCUT2D eigenvalue weighted by Crippen LogP contribution is 2.53. The van der Waals surface area contributed by atoms with Gasteiger partial charge in [0.05, 0.1) is 16.1 Å². The molecule has 33 heavy (non-hydrogen) atoms. The number of amides is 1. The zero-order valence-corrected chi connectivity index (χ0v) is 20.2. The Hall–Kier alpha value is -2.63. The number of hydrogen-bond acceptors (Lipinski definition) is 6. The maximum Gasteiger partial charge on any atom is 0.225 e. The Kier molecular flexibility index (Phi) is 6.52. The number of para-hydroxylation sites is 1. The van der Waals surface area contributed by atoms with Crippen LogP contribution in [-0.4, -0.2) is 26.4 Å². The first-order valence-electron chi connectivity index (χ1n) is 11.5. The van der Waals surface area contributed by atoms with Crippen LogP contribution in [0.2, 0.25) is 0 Å². The fourth-order valence-corrected chi connectivity index (χ4v) is 7.20. The Bertz CT molecular complexity index is 1170. The summed E-state index contributed by atoms with van der Waals surface area (Å²) in [5, 5.41) is 24.2. The Morgan fingerprint density at radius 1 is 1.27 bits per heavy atom. The van der Waals surface area contributed by atoms with Gasteiger partial charge in [-0.05, 0) is 67.5 Å². The second kappa shape index (κ2) is 9.70. The maximum absolute atomic E-state index is 12.5. The zero-order valence-electron chi connectivity index (χ0n) is 18.6. The first kappa shape index (κ1) is 22.2. The van der Waals surface area contributed by atoms with E-state index in [0.717, 1.165) is 27.7 Å². The van der Waals surface area contributed by atoms with Crippen LogP contribution in [0.25, 0.3) is 10.7 Å². The summed E-state index contributed by atoms with van der Waals surface area (Å²) in [6.45, 7) is 2.32. The van der Waals surface area contributed by atoms with Gasteiger partial charge in [0.1, 0.15) is 6.07 Å². The molecule has 5 rings (SSSR count). The van der Waals surface area contributed by atoms with E-state index in [4.69, 9.17) is 0 Å². The van der Waals surface area contributed by atoms with Crippen molar-refractivity contribution >= 4 is 34.7 Å². The van der Waals surface area contributed by atoms with Crippen molar-refractivity contribution in [3.8, 4) is 16.8 Å². The number of hydrogen-bond donors (Lipinski definition) is 1. The molecule has 1 aromatic carbocycles. The molecular formula is C25H27N5OS2. The van der Waals surface area contributed by atoms with Gasteiger partial charge in [-0.1, -0.05) is 36.4 Å². The number of nitrogens with zero attached hydrogens (tertiary/aromatic N) is 4. The minimum Gasteiger partial charge on any atom is -0.325 e. The molecule has 0 spiro atoms. The van der Waals surface area contributed by atoms with E-state index in [1.807, 2.05) is 6.07 Å². The number of rotatable bonds is 8. The third kappa shape index (κ3) is 4.57. The van der Waals surface area contributed by atoms with Crippen molar-refractivity contribution < 1.29 is 4.79 Å². The molecule has 2 bridgehead atoms. The normalized spacial score (nSPS) is 22.2. The van der Waals surface area contributed by atoms with Crippen molar-refractivity contribution in [1.29, 1.82) is 5.26 Å². The molecule has 6 nitrogen and oxygen atoms in total. The number of benzene rings is 1. The number of nitrogens with one attached hydrogen (secondary N) is 1. The topological polar surface area (TPSA) is 83.6 Å². The summed E-state index contributed by atoms with van der Waals surface area (Å²) >= 11 is 3.28. The quantitative estimate of drug-likeness (QED) is 0.403. The van der Waals surface area contributed by atoms with Crippen LogP contribution in [0.15, 0.2) is 46.9 Å². The second-order valence-corrected chi connectivity index (χ2v) is 11.0. The van der Waals surface area contributed by atoms with Gasteiger partial charge in [0.15, 0.2) is 11.0 Å². The summed E-state index contributed by atoms with van der Waals surface area (Å²) in [7, 11) is 0. The number of nitriles is 1. The van der Waals surface area contributed by atoms with E-state index in [1.165, 1.54) is 25.7 Å². The summed E-state index contributed by atoms with van der Waals surface area (Å²) in [5.74, 6) is 3.81. The van der Waals surface area contributed by atoms with Gasteiger partial charge >= 0.3 is 0 Å². The lowest BCUT2D eigenvalue weighted by Crippen LogP contribution is -2.23. The molecular weight excluding hydrogens is 450 g/mol. The Labute approximate surface area is 202 Å². The number of carbonyl (C=O) groups excluding carboxylic acids is 1. The van der Waals surface area contributed by atoms with Gasteiger partial charge in [-0.2, -0.15) is 5.26 Å². The van der Waals surface area contributed by atoms with E-state index in [-0.39, 0.29) is 5.91 Å². The van der Waals surface area contributed by atoms with E-state index >= 15 is 0 Å². The van der Waals surface area contributed by atoms with Crippen LogP contribution < -0.4 is 5.32 Å². The highest BCUT2D eigenvalue weighted by molar-refractivity contribution is 7.99. The number of thiophene rings is 1. The molecule has 2 heterocycles. The van der Waals surface area contributed by atoms with Crippen molar-refractivity contribution in [2.75, 3.05) is 11.1 Å². The number of anilines is 1. The summed E-state index contributed by atoms with van der Waals surface area (Å²) in [6, 6.07) is 13.7. The number of fused-ring (bicyclic) bond motifs is 2. The number of aromatic nitrogens is 3. The van der Waals surface area contributed by atoms with E-state index < -0.39 is 0 Å². The minimum atomic E-state index is -0.101. The molecule has 8 heteroatoms. The van der Waals surface area contributed by atoms with Crippen molar-refractivity contribution in [2.24, 2.45) is 17.8 Å². The molecule has 2 aliphatic rings. The average Bonchev–Trinajstić information content (AvgIpc) is 3.63. The lowest BCUT2D eigenvalue weighted by atomic mass is 9.84. The van der Waals surface area contributed by atoms with Crippen molar-refractivity contribution in [2.45, 2.75) is 50.2 Å². The smallest absolute Gasteiger partial charge is 0.225 e. The lowest BCUT2D eigenvalue weighted by Gasteiger charge is -2.30. The third-order valence-electron chi connectivity index (χ3n) is 7.11. The number of thioether (sulfide) groups is 1. The second-order valence-electron chi connectivity index (χ2n) is 9.04. The number of carbonyl (C=O) groups is 1. The van der Waals surface area contributed by atoms with Crippen molar-refractivity contribution in [1.82, 2.24) is 14.8 Å². The molecule has 4 atom stereocenters. The van der Waals surface area contributed by atoms with Crippen LogP contribution in [0.5, 0.6) is 0 Å². The first-order chi connectivity index (χ1) is 16.1. The van der Waals surface area contributed by atoms with Gasteiger partial charge in [0, 0.05) is 18.2 Å². The molecule has 0 aliphatic heterocycles. The average molecular weight is 478 g/mol. The molecule has 2 fully saturated rings. The van der Waals surface area contributed by atoms with Crippen LogP contribution in [0.1, 0.15) is 50.6 Å². The maximum atomic E-state index is 12.5. The van der Waals surface area contributed by atoms with Crippen LogP contribution in [-0.2, 0) is 4.79 Å². The molecule has 170 valence electrons. The fraction of sp³-hybridized carbons (Fsp3) is 0.440. The van der Waals surface area contributed by atoms with Gasteiger partial charge in [-0.3, -0.25) is 9.36 Å². The standard InChI is InChI=1S/C25H27N5OS2/c1-16(20-14-17-8-9-18(20)13-17)30-24(22-7-4-11-32-22)28-29-25(30)33-12-10-23(31)27-21-6-3-2-5-19(21)15-26/h2-7,11,16-18,20H,8-10,12-14H2,1H3,(H,27,31). The highest BCUT2D eigenvalue weighted by atomic mass is 32.2. The van der Waals surface area contributed by atoms with Gasteiger partial charge in [0.2, 0.25) is 5.91 Å². The monoisotopic (exact) mass is 477 g/mol. The highest BCUT2D eigenvalue weighted by Gasteiger charge is 2.43. The van der Waals surface area contributed by atoms with E-state index in [9.17, 15) is 10.1 Å². The molecule has 2 aromatic heterocycles. The Balaban J connectivity index is 1.29. The molecule has 1 amide bonds. The Morgan fingerprint density at radius 2 is 2.15 bits per heavy atom. The molecule has 2 aliphatic carbocycles. The minimum absolute atomic E-state index is 0.101. The Morgan fingerprint density at radius 3 is 2.88 bits per heavy atom. The van der Waals surface area contributed by atoms with Crippen molar-refractivity contribution in [3.63, 3.8) is 0 Å². The van der Waals surface area contributed by atoms with E-state index in [0.29, 0.717) is 35.4 Å². The third-order valence-corrected chi connectivity index (χ3v) is 8.92. The molecule has 0 saturated heterocycles. The summed E-state index contributed by atoms with van der Waals surface area (Å²) < 4.78 is 2.32. The lowest BCUT2D eigenvalue weighted by molar-refractivity contribution is -0.115. The van der Waals surface area contributed by atoms with Crippen LogP contribution in [0.4, 0.5) is 5.69 Å². The van der Waals surface area contributed by atoms with Crippen LogP contribution in [0, 0.1) is 29.1 Å². The summed E-state index contributed by atoms with van der Waals surface area (Å²) in [4.78, 5) is 13.6. The van der Waals surface area contributed by atoms with Crippen LogP contribution in [0.3, 0.4) is 0 Å². The van der Waals surface area contributed by atoms with Gasteiger partial charge < -0.3 is 5.32 Å². The van der Waals surface area contributed by atoms with Gasteiger partial charge in [-0.25, -0.2) is 0 Å². The summed E-state index contributed by atoms with van der Waals surface area (Å²) in [5.41, 5.74) is 1.03. The zero-order chi connectivity index (χ0) is 22.8. The van der Waals surface area contributed by atoms with E-state index in [1.54, 1.807) is 41.3 Å². The molecule has 3 aromatic rings. The molecule has 0 radical (unpaired) electrons. The van der Waals surface area contributed by atoms with E-state index in [2.05, 4.69) is 50.6 Å². The largest absolute Gasteiger partial charge is 0.325 e. The predicted octanol–water partition coefficient (Wildman–Crippen LogP) is 6.00.